The van der Waals surface area contributed by atoms with Crippen molar-refractivity contribution < 1.29 is 13.2 Å². The molecule has 7 unspecified atom stereocenters. The second-order valence-electron chi connectivity index (χ2n) is 8.97. The van der Waals surface area contributed by atoms with Crippen LogP contribution in [-0.4, -0.2) is 69.4 Å². The average molecular weight is 405 g/mol. The number of ether oxygens (including phenoxy) is 1. The van der Waals surface area contributed by atoms with Gasteiger partial charge in [0.1, 0.15) is 0 Å². The molecule has 152 valence electrons. The smallest absolute Gasteiger partial charge is 0.156 e. The van der Waals surface area contributed by atoms with Crippen LogP contribution in [0, 0.1) is 0 Å². The van der Waals surface area contributed by atoms with Crippen molar-refractivity contribution in [2.75, 3.05) is 30.7 Å². The molecule has 0 spiro atoms. The summed E-state index contributed by atoms with van der Waals surface area (Å²) in [6.07, 6.45) is 3.09. The topological polar surface area (TPSA) is 91.5 Å². The first kappa shape index (κ1) is 17.7. The number of morpholine rings is 2. The highest BCUT2D eigenvalue weighted by Gasteiger charge is 2.55. The molecule has 0 radical (unpaired) electrons. The molecular weight excluding hydrogens is 376 g/mol. The number of aryl methyl sites for hydroxylation is 1. The van der Waals surface area contributed by atoms with Crippen LogP contribution >= 0.6 is 0 Å². The van der Waals surface area contributed by atoms with Gasteiger partial charge in [0.15, 0.2) is 9.84 Å². The minimum absolute atomic E-state index is 0.00251. The third-order valence-corrected chi connectivity index (χ3v) is 9.35. The van der Waals surface area contributed by atoms with E-state index in [4.69, 9.17) is 4.74 Å². The van der Waals surface area contributed by atoms with Crippen LogP contribution in [0.15, 0.2) is 18.2 Å². The average Bonchev–Trinajstić information content (AvgIpc) is 3.49. The fraction of sp³-hybridized carbons (Fsp3) is 0.700. The first-order chi connectivity index (χ1) is 13.6. The van der Waals surface area contributed by atoms with E-state index in [0.29, 0.717) is 0 Å². The fourth-order valence-electron chi connectivity index (χ4n) is 5.54. The predicted octanol–water partition coefficient (Wildman–Crippen LogP) is -0.0579. The van der Waals surface area contributed by atoms with Gasteiger partial charge in [-0.05, 0) is 36.5 Å². The summed E-state index contributed by atoms with van der Waals surface area (Å²) < 4.78 is 31.5. The Balaban J connectivity index is 1.29. The van der Waals surface area contributed by atoms with Gasteiger partial charge in [-0.25, -0.2) is 8.42 Å². The summed E-state index contributed by atoms with van der Waals surface area (Å²) in [6, 6.07) is 6.76. The SMILES string of the molecule is O=S1(=O)CC(C2NC(c3ccc4c(c3)CCCN4)C3CNCC2O3)NC2CC21. The molecule has 1 saturated carbocycles. The molecule has 28 heavy (non-hydrogen) atoms. The Labute approximate surface area is 165 Å². The zero-order valence-corrected chi connectivity index (χ0v) is 16.7. The van der Waals surface area contributed by atoms with Gasteiger partial charge in [-0.15, -0.1) is 0 Å². The second kappa shape index (κ2) is 6.40. The lowest BCUT2D eigenvalue weighted by Gasteiger charge is -2.49. The molecule has 4 heterocycles. The molecular formula is C20H28N4O3S. The summed E-state index contributed by atoms with van der Waals surface area (Å²) >= 11 is 0. The molecule has 3 saturated heterocycles. The van der Waals surface area contributed by atoms with Gasteiger partial charge < -0.3 is 26.0 Å². The van der Waals surface area contributed by atoms with Crippen LogP contribution in [0.4, 0.5) is 5.69 Å². The summed E-state index contributed by atoms with van der Waals surface area (Å²) in [6.45, 7) is 2.62. The quantitative estimate of drug-likeness (QED) is 0.549. The second-order valence-corrected chi connectivity index (χ2v) is 11.2. The highest BCUT2D eigenvalue weighted by molar-refractivity contribution is 7.92. The van der Waals surface area contributed by atoms with E-state index in [1.807, 2.05) is 0 Å². The van der Waals surface area contributed by atoms with E-state index in [-0.39, 0.29) is 47.4 Å². The first-order valence-electron chi connectivity index (χ1n) is 10.5. The molecule has 7 nitrogen and oxygen atoms in total. The Morgan fingerprint density at radius 3 is 2.86 bits per heavy atom. The molecule has 2 bridgehead atoms. The van der Waals surface area contributed by atoms with E-state index in [2.05, 4.69) is 39.5 Å². The lowest BCUT2D eigenvalue weighted by Crippen LogP contribution is -2.70. The summed E-state index contributed by atoms with van der Waals surface area (Å²) in [5.41, 5.74) is 3.84. The molecule has 6 rings (SSSR count). The van der Waals surface area contributed by atoms with Crippen LogP contribution in [-0.2, 0) is 21.0 Å². The molecule has 7 atom stereocenters. The molecule has 1 aromatic rings. The summed E-state index contributed by atoms with van der Waals surface area (Å²) in [4.78, 5) is 0. The number of rotatable bonds is 2. The largest absolute Gasteiger partial charge is 0.385 e. The van der Waals surface area contributed by atoms with Crippen LogP contribution in [0.5, 0.6) is 0 Å². The maximum atomic E-state index is 12.5. The molecule has 0 aromatic heterocycles. The van der Waals surface area contributed by atoms with Crippen LogP contribution in [0.3, 0.4) is 0 Å². The number of hydrogen-bond acceptors (Lipinski definition) is 7. The van der Waals surface area contributed by atoms with Gasteiger partial charge in [0.2, 0.25) is 0 Å². The van der Waals surface area contributed by atoms with Gasteiger partial charge in [-0.3, -0.25) is 0 Å². The first-order valence-corrected chi connectivity index (χ1v) is 12.3. The van der Waals surface area contributed by atoms with Crippen molar-refractivity contribution in [3.05, 3.63) is 29.3 Å². The van der Waals surface area contributed by atoms with Gasteiger partial charge in [0, 0.05) is 37.4 Å². The Morgan fingerprint density at radius 2 is 1.96 bits per heavy atom. The number of sulfone groups is 1. The normalized spacial score (nSPS) is 43.4. The molecule has 0 amide bonds. The van der Waals surface area contributed by atoms with Crippen molar-refractivity contribution in [2.45, 2.75) is 60.9 Å². The zero-order valence-electron chi connectivity index (χ0n) is 15.9. The van der Waals surface area contributed by atoms with Crippen molar-refractivity contribution in [3.63, 3.8) is 0 Å². The van der Waals surface area contributed by atoms with Crippen molar-refractivity contribution in [1.29, 1.82) is 0 Å². The predicted molar refractivity (Wildman–Crippen MR) is 107 cm³/mol. The number of benzene rings is 1. The standard InChI is InChI=1S/C20H28N4O3S/c25-28(26)10-15(23-14-7-18(14)28)20-17-9-21-8-16(27-17)19(24-20)12-3-4-13-11(6-12)2-1-5-22-13/h3-4,6,14-24H,1-2,5,7-10H2. The van der Waals surface area contributed by atoms with Gasteiger partial charge in [0.05, 0.1) is 35.3 Å². The highest BCUT2D eigenvalue weighted by Crippen LogP contribution is 2.38. The lowest BCUT2D eigenvalue weighted by molar-refractivity contribution is -0.113. The van der Waals surface area contributed by atoms with Gasteiger partial charge in [-0.2, -0.15) is 0 Å². The van der Waals surface area contributed by atoms with Crippen molar-refractivity contribution in [2.24, 2.45) is 0 Å². The molecule has 1 aliphatic carbocycles. The Hall–Kier alpha value is -1.19. The molecule has 4 fully saturated rings. The minimum atomic E-state index is -2.99. The molecule has 5 aliphatic rings. The zero-order chi connectivity index (χ0) is 18.9. The Bertz CT molecular complexity index is 891. The monoisotopic (exact) mass is 404 g/mol. The number of hydrogen-bond donors (Lipinski definition) is 4. The summed E-state index contributed by atoms with van der Waals surface area (Å²) in [5, 5.41) is 14.2. The van der Waals surface area contributed by atoms with Crippen LogP contribution in [0.1, 0.15) is 30.0 Å². The summed E-state index contributed by atoms with van der Waals surface area (Å²) in [5.74, 6) is 0.206. The van der Waals surface area contributed by atoms with Gasteiger partial charge in [0.25, 0.3) is 0 Å². The number of anilines is 1. The number of fused-ring (bicyclic) bond motifs is 4. The highest BCUT2D eigenvalue weighted by atomic mass is 32.2. The molecule has 4 N–H and O–H groups in total. The van der Waals surface area contributed by atoms with E-state index >= 15 is 0 Å². The molecule has 4 aliphatic heterocycles. The van der Waals surface area contributed by atoms with Crippen molar-refractivity contribution in [1.82, 2.24) is 16.0 Å². The van der Waals surface area contributed by atoms with E-state index < -0.39 is 9.84 Å². The van der Waals surface area contributed by atoms with Gasteiger partial charge in [-0.1, -0.05) is 12.1 Å². The van der Waals surface area contributed by atoms with E-state index in [9.17, 15) is 8.42 Å². The third-order valence-electron chi connectivity index (χ3n) is 7.08. The van der Waals surface area contributed by atoms with E-state index in [0.717, 1.165) is 38.9 Å². The molecule has 1 aromatic carbocycles. The Kier molecular flexibility index (Phi) is 4.04. The van der Waals surface area contributed by atoms with Crippen LogP contribution in [0.25, 0.3) is 0 Å². The minimum Gasteiger partial charge on any atom is -0.385 e. The maximum absolute atomic E-state index is 12.5. The number of nitrogens with one attached hydrogen (secondary N) is 4. The van der Waals surface area contributed by atoms with Crippen LogP contribution < -0.4 is 21.3 Å². The van der Waals surface area contributed by atoms with Crippen molar-refractivity contribution in [3.8, 4) is 0 Å². The summed E-state index contributed by atoms with van der Waals surface area (Å²) in [7, 11) is -2.99. The maximum Gasteiger partial charge on any atom is 0.156 e. The van der Waals surface area contributed by atoms with E-state index in [1.54, 1.807) is 0 Å². The van der Waals surface area contributed by atoms with E-state index in [1.165, 1.54) is 16.8 Å². The molecule has 8 heteroatoms. The van der Waals surface area contributed by atoms with Crippen molar-refractivity contribution >= 4 is 15.5 Å². The fourth-order valence-corrected chi connectivity index (χ4v) is 7.67. The Morgan fingerprint density at radius 1 is 1.07 bits per heavy atom. The van der Waals surface area contributed by atoms with Crippen LogP contribution in [0.2, 0.25) is 0 Å². The third kappa shape index (κ3) is 2.89. The van der Waals surface area contributed by atoms with Gasteiger partial charge >= 0.3 is 0 Å². The lowest BCUT2D eigenvalue weighted by atomic mass is 9.89.